The van der Waals surface area contributed by atoms with Gasteiger partial charge in [0.15, 0.2) is 5.82 Å². The number of hydrogen-bond acceptors (Lipinski definition) is 6. The fraction of sp³-hybridized carbons (Fsp3) is 0.556. The fourth-order valence-electron chi connectivity index (χ4n) is 3.29. The Kier molecular flexibility index (Phi) is 6.72. The van der Waals surface area contributed by atoms with Crippen molar-refractivity contribution < 1.29 is 4.79 Å². The highest BCUT2D eigenvalue weighted by atomic mass is 35.5. The zero-order chi connectivity index (χ0) is 18.0. The third-order valence-electron chi connectivity index (χ3n) is 4.44. The predicted octanol–water partition coefficient (Wildman–Crippen LogP) is 3.03. The van der Waals surface area contributed by atoms with Crippen LogP contribution in [0.5, 0.6) is 0 Å². The van der Waals surface area contributed by atoms with Crippen molar-refractivity contribution in [2.24, 2.45) is 11.7 Å². The molecule has 7 nitrogen and oxygen atoms in total. The maximum absolute atomic E-state index is 12.5. The number of carbonyl (C=O) groups is 1. The molecule has 2 heterocycles. The number of nitrogens with two attached hydrogens (primary N) is 1. The minimum absolute atomic E-state index is 0. The first-order valence-corrected chi connectivity index (χ1v) is 8.89. The summed E-state index contributed by atoms with van der Waals surface area (Å²) in [4.78, 5) is 25.8. The number of halogens is 1. The van der Waals surface area contributed by atoms with E-state index in [1.54, 1.807) is 6.20 Å². The zero-order valence-electron chi connectivity index (χ0n) is 15.5. The molecule has 1 saturated carbocycles. The average molecular weight is 379 g/mol. The van der Waals surface area contributed by atoms with Crippen molar-refractivity contribution in [1.29, 1.82) is 0 Å². The number of fused-ring (bicyclic) bond motifs is 1. The van der Waals surface area contributed by atoms with Crippen molar-refractivity contribution in [2.45, 2.75) is 58.5 Å². The molecule has 0 radical (unpaired) electrons. The third-order valence-corrected chi connectivity index (χ3v) is 4.44. The number of nitrogens with zero attached hydrogens (tertiary/aromatic N) is 3. The lowest BCUT2D eigenvalue weighted by Crippen LogP contribution is -2.34. The summed E-state index contributed by atoms with van der Waals surface area (Å²) < 4.78 is 0. The van der Waals surface area contributed by atoms with E-state index in [2.05, 4.69) is 25.6 Å². The lowest BCUT2D eigenvalue weighted by molar-refractivity contribution is -0.120. The molecule has 0 aliphatic heterocycles. The maximum Gasteiger partial charge on any atom is 0.230 e. The molecule has 26 heavy (non-hydrogen) atoms. The molecule has 2 aromatic rings. The molecule has 0 unspecified atom stereocenters. The van der Waals surface area contributed by atoms with Crippen LogP contribution in [0.2, 0.25) is 0 Å². The van der Waals surface area contributed by atoms with Gasteiger partial charge in [-0.05, 0) is 46.1 Å². The van der Waals surface area contributed by atoms with E-state index in [9.17, 15) is 4.79 Å². The van der Waals surface area contributed by atoms with E-state index in [0.29, 0.717) is 17.3 Å². The number of nitrogens with one attached hydrogen (secondary N) is 2. The number of pyridine rings is 1. The molecule has 3 rings (SSSR count). The van der Waals surface area contributed by atoms with Crippen LogP contribution >= 0.6 is 12.4 Å². The van der Waals surface area contributed by atoms with E-state index < -0.39 is 0 Å². The maximum atomic E-state index is 12.5. The predicted molar refractivity (Wildman–Crippen MR) is 107 cm³/mol. The fourth-order valence-corrected chi connectivity index (χ4v) is 3.29. The first-order chi connectivity index (χ1) is 11.9. The molecule has 142 valence electrons. The van der Waals surface area contributed by atoms with Gasteiger partial charge >= 0.3 is 0 Å². The van der Waals surface area contributed by atoms with Crippen LogP contribution in [-0.4, -0.2) is 32.9 Å². The van der Waals surface area contributed by atoms with Crippen LogP contribution in [0, 0.1) is 12.8 Å². The highest BCUT2D eigenvalue weighted by Gasteiger charge is 2.26. The number of amides is 1. The summed E-state index contributed by atoms with van der Waals surface area (Å²) in [6.45, 7) is 6.03. The highest BCUT2D eigenvalue weighted by Crippen LogP contribution is 2.25. The molecule has 4 N–H and O–H groups in total. The van der Waals surface area contributed by atoms with Gasteiger partial charge < -0.3 is 11.1 Å². The van der Waals surface area contributed by atoms with Crippen LogP contribution in [0.1, 0.15) is 45.2 Å². The van der Waals surface area contributed by atoms with Crippen molar-refractivity contribution in [3.8, 4) is 0 Å². The molecule has 2 atom stereocenters. The van der Waals surface area contributed by atoms with Gasteiger partial charge in [-0.15, -0.1) is 12.4 Å². The number of anilines is 2. The van der Waals surface area contributed by atoms with E-state index >= 15 is 0 Å². The largest absolute Gasteiger partial charge is 0.366 e. The SMILES string of the molecule is Cc1cc2cnc(NC(=O)[C@H]3CCC[C@@H](N)C3)nc2c(NC(C)C)n1.Cl. The van der Waals surface area contributed by atoms with E-state index in [0.717, 1.165) is 36.8 Å². The van der Waals surface area contributed by atoms with Crippen molar-refractivity contribution in [1.82, 2.24) is 15.0 Å². The quantitative estimate of drug-likeness (QED) is 0.755. The summed E-state index contributed by atoms with van der Waals surface area (Å²) >= 11 is 0. The molecule has 0 aromatic carbocycles. The topological polar surface area (TPSA) is 106 Å². The minimum Gasteiger partial charge on any atom is -0.366 e. The Balaban J connectivity index is 0.00000243. The molecular weight excluding hydrogens is 352 g/mol. The second-order valence-corrected chi connectivity index (χ2v) is 7.16. The minimum atomic E-state index is -0.0625. The normalized spacial score (nSPS) is 19.9. The highest BCUT2D eigenvalue weighted by molar-refractivity contribution is 5.93. The molecular formula is C18H27ClN6O. The summed E-state index contributed by atoms with van der Waals surface area (Å²) in [5, 5.41) is 7.05. The Bertz CT molecular complexity index is 782. The van der Waals surface area contributed by atoms with Crippen molar-refractivity contribution >= 4 is 41.0 Å². The van der Waals surface area contributed by atoms with Crippen LogP contribution in [-0.2, 0) is 4.79 Å². The second kappa shape index (κ2) is 8.60. The molecule has 1 aliphatic carbocycles. The average Bonchev–Trinajstić information content (AvgIpc) is 2.54. The molecule has 2 aromatic heterocycles. The summed E-state index contributed by atoms with van der Waals surface area (Å²) in [5.74, 6) is 0.914. The van der Waals surface area contributed by atoms with E-state index in [4.69, 9.17) is 5.73 Å². The molecule has 8 heteroatoms. The summed E-state index contributed by atoms with van der Waals surface area (Å²) in [7, 11) is 0. The summed E-state index contributed by atoms with van der Waals surface area (Å²) in [5.41, 5.74) is 7.59. The van der Waals surface area contributed by atoms with Crippen LogP contribution < -0.4 is 16.4 Å². The molecule has 0 saturated heterocycles. The summed E-state index contributed by atoms with van der Waals surface area (Å²) in [6, 6.07) is 2.28. The lowest BCUT2D eigenvalue weighted by Gasteiger charge is -2.25. The van der Waals surface area contributed by atoms with E-state index in [1.807, 2.05) is 26.8 Å². The molecule has 1 aliphatic rings. The van der Waals surface area contributed by atoms with Crippen LogP contribution in [0.15, 0.2) is 12.3 Å². The second-order valence-electron chi connectivity index (χ2n) is 7.16. The standard InChI is InChI=1S/C18H26N6O.ClH/c1-10(2)21-16-15-13(7-11(3)22-16)9-20-18(23-15)24-17(25)12-5-4-6-14(19)8-12;/h7,9-10,12,14H,4-6,8,19H2,1-3H3,(H,21,22)(H,20,23,24,25);1H/t12-,14+;/m0./s1. The number of carbonyl (C=O) groups excluding carboxylic acids is 1. The Morgan fingerprint density at radius 1 is 1.31 bits per heavy atom. The Morgan fingerprint density at radius 2 is 2.08 bits per heavy atom. The monoisotopic (exact) mass is 378 g/mol. The van der Waals surface area contributed by atoms with E-state index in [1.165, 1.54) is 0 Å². The van der Waals surface area contributed by atoms with Gasteiger partial charge in [-0.25, -0.2) is 15.0 Å². The van der Waals surface area contributed by atoms with Crippen molar-refractivity contribution in [2.75, 3.05) is 10.6 Å². The van der Waals surface area contributed by atoms with Crippen LogP contribution in [0.4, 0.5) is 11.8 Å². The van der Waals surface area contributed by atoms with Gasteiger partial charge in [0.2, 0.25) is 11.9 Å². The van der Waals surface area contributed by atoms with Gasteiger partial charge in [0.05, 0.1) is 0 Å². The first kappa shape index (κ1) is 20.3. The smallest absolute Gasteiger partial charge is 0.230 e. The Hall–Kier alpha value is -1.99. The molecule has 0 spiro atoms. The van der Waals surface area contributed by atoms with Gasteiger partial charge in [-0.3, -0.25) is 10.1 Å². The van der Waals surface area contributed by atoms with Gasteiger partial charge in [-0.2, -0.15) is 0 Å². The van der Waals surface area contributed by atoms with Gasteiger partial charge in [0, 0.05) is 35.3 Å². The van der Waals surface area contributed by atoms with Crippen LogP contribution in [0.25, 0.3) is 10.9 Å². The Labute approximate surface area is 160 Å². The third kappa shape index (κ3) is 4.80. The van der Waals surface area contributed by atoms with Gasteiger partial charge in [-0.1, -0.05) is 6.42 Å². The van der Waals surface area contributed by atoms with Crippen molar-refractivity contribution in [3.63, 3.8) is 0 Å². The number of aromatic nitrogens is 3. The summed E-state index contributed by atoms with van der Waals surface area (Å²) in [6.07, 6.45) is 5.30. The van der Waals surface area contributed by atoms with Crippen LogP contribution in [0.3, 0.4) is 0 Å². The van der Waals surface area contributed by atoms with E-state index in [-0.39, 0.29) is 36.3 Å². The Morgan fingerprint density at radius 3 is 2.77 bits per heavy atom. The zero-order valence-corrected chi connectivity index (χ0v) is 16.3. The lowest BCUT2D eigenvalue weighted by atomic mass is 9.85. The molecule has 0 bridgehead atoms. The number of aryl methyl sites for hydroxylation is 1. The van der Waals surface area contributed by atoms with Gasteiger partial charge in [0.25, 0.3) is 0 Å². The van der Waals surface area contributed by atoms with Crippen molar-refractivity contribution in [3.05, 3.63) is 18.0 Å². The molecule has 1 amide bonds. The van der Waals surface area contributed by atoms with Gasteiger partial charge in [0.1, 0.15) is 5.52 Å². The molecule has 1 fully saturated rings. The first-order valence-electron chi connectivity index (χ1n) is 8.89. The number of hydrogen-bond donors (Lipinski definition) is 3. The number of rotatable bonds is 4.